The van der Waals surface area contributed by atoms with Crippen LogP contribution in [0.5, 0.6) is 0 Å². The summed E-state index contributed by atoms with van der Waals surface area (Å²) in [6.45, 7) is 2.78. The highest BCUT2D eigenvalue weighted by molar-refractivity contribution is 8.76. The van der Waals surface area contributed by atoms with Gasteiger partial charge in [0.05, 0.1) is 19.4 Å². The van der Waals surface area contributed by atoms with Crippen LogP contribution in [0, 0.1) is 0 Å². The van der Waals surface area contributed by atoms with Crippen LogP contribution in [0.15, 0.2) is 0 Å². The molecule has 0 bridgehead atoms. The predicted octanol–water partition coefficient (Wildman–Crippen LogP) is 6.09. The molecule has 0 aromatic heterocycles. The molecular weight excluding hydrogens is 356 g/mol. The van der Waals surface area contributed by atoms with Crippen LogP contribution in [0.2, 0.25) is 0 Å². The summed E-state index contributed by atoms with van der Waals surface area (Å²) in [5.41, 5.74) is 0. The van der Waals surface area contributed by atoms with E-state index >= 15 is 0 Å². The number of hydrogen-bond donors (Lipinski definition) is 1. The maximum absolute atomic E-state index is 11.5. The van der Waals surface area contributed by atoms with Crippen LogP contribution in [0.25, 0.3) is 0 Å². The van der Waals surface area contributed by atoms with Crippen LogP contribution in [0.3, 0.4) is 0 Å². The Morgan fingerprint density at radius 1 is 0.760 bits per heavy atom. The van der Waals surface area contributed by atoms with E-state index in [1.54, 1.807) is 0 Å². The molecule has 0 fully saturated rings. The Labute approximate surface area is 161 Å². The molecule has 0 aliphatic carbocycles. The van der Waals surface area contributed by atoms with Gasteiger partial charge in [-0.2, -0.15) is 0 Å². The Bertz CT molecular complexity index is 325. The third-order valence-corrected chi connectivity index (χ3v) is 6.29. The van der Waals surface area contributed by atoms with Gasteiger partial charge in [0.2, 0.25) is 0 Å². The molecule has 0 heterocycles. The number of carboxylic acids is 1. The Balaban J connectivity index is 3.16. The topological polar surface area (TPSA) is 63.6 Å². The van der Waals surface area contributed by atoms with Crippen molar-refractivity contribution in [3.8, 4) is 0 Å². The molecular formula is C19H36O4S2. The van der Waals surface area contributed by atoms with E-state index in [4.69, 9.17) is 9.84 Å². The minimum Gasteiger partial charge on any atom is -0.481 e. The summed E-state index contributed by atoms with van der Waals surface area (Å²) >= 11 is 0. The highest BCUT2D eigenvalue weighted by Gasteiger charge is 2.03. The molecule has 0 rings (SSSR count). The normalized spacial score (nSPS) is 10.8. The van der Waals surface area contributed by atoms with Gasteiger partial charge in [-0.3, -0.25) is 9.59 Å². The summed E-state index contributed by atoms with van der Waals surface area (Å²) < 4.78 is 5.21. The van der Waals surface area contributed by atoms with Gasteiger partial charge in [0, 0.05) is 11.5 Å². The van der Waals surface area contributed by atoms with E-state index < -0.39 is 5.97 Å². The van der Waals surface area contributed by atoms with Gasteiger partial charge in [0.25, 0.3) is 0 Å². The third kappa shape index (κ3) is 21.6. The summed E-state index contributed by atoms with van der Waals surface area (Å²) in [5, 5.41) is 8.50. The van der Waals surface area contributed by atoms with Crippen molar-refractivity contribution < 1.29 is 19.4 Å². The lowest BCUT2D eigenvalue weighted by Crippen LogP contribution is -2.06. The van der Waals surface area contributed by atoms with Crippen LogP contribution in [-0.2, 0) is 14.3 Å². The lowest BCUT2D eigenvalue weighted by molar-refractivity contribution is -0.143. The molecule has 0 amide bonds. The van der Waals surface area contributed by atoms with E-state index in [-0.39, 0.29) is 12.4 Å². The Morgan fingerprint density at radius 3 is 1.76 bits per heavy atom. The van der Waals surface area contributed by atoms with Crippen LogP contribution >= 0.6 is 21.6 Å². The van der Waals surface area contributed by atoms with Gasteiger partial charge in [-0.15, -0.1) is 0 Å². The van der Waals surface area contributed by atoms with Crippen molar-refractivity contribution in [3.63, 3.8) is 0 Å². The zero-order valence-corrected chi connectivity index (χ0v) is 17.4. The van der Waals surface area contributed by atoms with Crippen LogP contribution in [0.4, 0.5) is 0 Å². The number of ether oxygens (including phenoxy) is 1. The Kier molecular flexibility index (Phi) is 19.7. The molecule has 1 N–H and O–H groups in total. The monoisotopic (exact) mass is 392 g/mol. The van der Waals surface area contributed by atoms with E-state index in [0.717, 1.165) is 12.8 Å². The van der Waals surface area contributed by atoms with E-state index in [9.17, 15) is 9.59 Å². The SMILES string of the molecule is CCCCCCCCCCCCCOC(=O)CCSSCCC(=O)O. The van der Waals surface area contributed by atoms with E-state index in [2.05, 4.69) is 6.92 Å². The first-order valence-electron chi connectivity index (χ1n) is 9.78. The smallest absolute Gasteiger partial charge is 0.306 e. The molecule has 0 radical (unpaired) electrons. The van der Waals surface area contributed by atoms with Gasteiger partial charge >= 0.3 is 11.9 Å². The fourth-order valence-corrected chi connectivity index (χ4v) is 4.35. The lowest BCUT2D eigenvalue weighted by atomic mass is 10.1. The number of unbranched alkanes of at least 4 members (excludes halogenated alkanes) is 10. The zero-order chi connectivity index (χ0) is 18.6. The van der Waals surface area contributed by atoms with E-state index in [1.165, 1.54) is 79.4 Å². The van der Waals surface area contributed by atoms with Crippen LogP contribution < -0.4 is 0 Å². The van der Waals surface area contributed by atoms with Crippen molar-refractivity contribution in [2.75, 3.05) is 18.1 Å². The Morgan fingerprint density at radius 2 is 1.24 bits per heavy atom. The number of hydrogen-bond acceptors (Lipinski definition) is 5. The van der Waals surface area contributed by atoms with Crippen molar-refractivity contribution in [2.45, 2.75) is 90.4 Å². The highest BCUT2D eigenvalue weighted by atomic mass is 33.1. The van der Waals surface area contributed by atoms with Crippen molar-refractivity contribution in [1.29, 1.82) is 0 Å². The zero-order valence-electron chi connectivity index (χ0n) is 15.8. The highest BCUT2D eigenvalue weighted by Crippen LogP contribution is 2.22. The quantitative estimate of drug-likeness (QED) is 0.163. The van der Waals surface area contributed by atoms with Crippen molar-refractivity contribution >= 4 is 33.5 Å². The predicted molar refractivity (Wildman–Crippen MR) is 109 cm³/mol. The molecule has 0 spiro atoms. The number of aliphatic carboxylic acids is 1. The van der Waals surface area contributed by atoms with Gasteiger partial charge in [0.1, 0.15) is 0 Å². The number of carbonyl (C=O) groups is 2. The van der Waals surface area contributed by atoms with Crippen molar-refractivity contribution in [2.24, 2.45) is 0 Å². The van der Waals surface area contributed by atoms with E-state index in [1.807, 2.05) is 0 Å². The molecule has 0 aromatic carbocycles. The fourth-order valence-electron chi connectivity index (χ4n) is 2.40. The molecule has 0 atom stereocenters. The minimum atomic E-state index is -0.778. The summed E-state index contributed by atoms with van der Waals surface area (Å²) in [4.78, 5) is 21.9. The number of rotatable bonds is 19. The molecule has 0 unspecified atom stereocenters. The van der Waals surface area contributed by atoms with Crippen molar-refractivity contribution in [1.82, 2.24) is 0 Å². The number of esters is 1. The molecule has 6 heteroatoms. The number of carboxylic acid groups (broad SMARTS) is 1. The largest absolute Gasteiger partial charge is 0.481 e. The molecule has 0 aliphatic heterocycles. The maximum Gasteiger partial charge on any atom is 0.306 e. The molecule has 25 heavy (non-hydrogen) atoms. The summed E-state index contributed by atoms with van der Waals surface area (Å²) in [7, 11) is 3.04. The van der Waals surface area contributed by atoms with Crippen LogP contribution in [0.1, 0.15) is 90.4 Å². The van der Waals surface area contributed by atoms with Gasteiger partial charge < -0.3 is 9.84 Å². The second-order valence-electron chi connectivity index (χ2n) is 6.29. The summed E-state index contributed by atoms with van der Waals surface area (Å²) in [6, 6.07) is 0. The molecule has 0 saturated heterocycles. The molecule has 0 aliphatic rings. The minimum absolute atomic E-state index is 0.140. The molecule has 148 valence electrons. The maximum atomic E-state index is 11.5. The first-order valence-corrected chi connectivity index (χ1v) is 12.3. The first-order chi connectivity index (χ1) is 12.2. The van der Waals surface area contributed by atoms with Crippen molar-refractivity contribution in [3.05, 3.63) is 0 Å². The second-order valence-corrected chi connectivity index (χ2v) is 9.00. The van der Waals surface area contributed by atoms with E-state index in [0.29, 0.717) is 24.5 Å². The van der Waals surface area contributed by atoms with Gasteiger partial charge in [-0.1, -0.05) is 92.7 Å². The standard InChI is InChI=1S/C19H36O4S2/c1-2-3-4-5-6-7-8-9-10-11-12-15-23-19(22)14-17-25-24-16-13-18(20)21/h2-17H2,1H3,(H,20,21). The Hall–Kier alpha value is -0.360. The summed E-state index contributed by atoms with van der Waals surface area (Å²) in [5.74, 6) is 0.340. The fraction of sp³-hybridized carbons (Fsp3) is 0.895. The van der Waals surface area contributed by atoms with Crippen LogP contribution in [-0.4, -0.2) is 35.2 Å². The van der Waals surface area contributed by atoms with Gasteiger partial charge in [0.15, 0.2) is 0 Å². The molecule has 4 nitrogen and oxygen atoms in total. The summed E-state index contributed by atoms with van der Waals surface area (Å²) in [6.07, 6.45) is 14.8. The molecule has 0 saturated carbocycles. The lowest BCUT2D eigenvalue weighted by Gasteiger charge is -2.05. The number of carbonyl (C=O) groups excluding carboxylic acids is 1. The molecule has 0 aromatic rings. The average molecular weight is 393 g/mol. The second kappa shape index (κ2) is 20.0. The third-order valence-electron chi connectivity index (χ3n) is 3.88. The van der Waals surface area contributed by atoms with Gasteiger partial charge in [-0.25, -0.2) is 0 Å². The average Bonchev–Trinajstić information content (AvgIpc) is 2.58. The first kappa shape index (κ1) is 24.6. The van der Waals surface area contributed by atoms with Gasteiger partial charge in [-0.05, 0) is 6.42 Å².